The van der Waals surface area contributed by atoms with E-state index in [-0.39, 0.29) is 17.9 Å². The van der Waals surface area contributed by atoms with Gasteiger partial charge in [0.15, 0.2) is 0 Å². The van der Waals surface area contributed by atoms with Gasteiger partial charge in [-0.05, 0) is 19.3 Å². The minimum atomic E-state index is -0.687. The predicted octanol–water partition coefficient (Wildman–Crippen LogP) is 1.01. The minimum absolute atomic E-state index is 0.00493. The molecular weight excluding hydrogens is 274 g/mol. The normalized spacial score (nSPS) is 26.2. The van der Waals surface area contributed by atoms with E-state index in [0.717, 1.165) is 38.5 Å². The number of carbonyl (C=O) groups excluding carboxylic acids is 2. The van der Waals surface area contributed by atoms with Crippen molar-refractivity contribution in [1.29, 1.82) is 0 Å². The van der Waals surface area contributed by atoms with Crippen molar-refractivity contribution in [3.8, 4) is 0 Å². The largest absolute Gasteiger partial charge is 0.392 e. The molecule has 0 radical (unpaired) electrons. The van der Waals surface area contributed by atoms with E-state index in [1.54, 1.807) is 0 Å². The Morgan fingerprint density at radius 1 is 1.30 bits per heavy atom. The molecule has 1 heterocycles. The number of nitrogens with one attached hydrogen (secondary N) is 2. The number of amides is 2. The highest BCUT2D eigenvalue weighted by Gasteiger charge is 2.42. The standard InChI is InChI=1S/C14H23N3O2S/c15-12(20)14(7-3-1-2-4-8-14)13(19)17-10-5-6-11(18)16-9-10/h10H,1-9H2,(H2,15,20)(H,16,18)(H,17,19). The van der Waals surface area contributed by atoms with Crippen molar-refractivity contribution in [2.45, 2.75) is 57.4 Å². The summed E-state index contributed by atoms with van der Waals surface area (Å²) in [6.07, 6.45) is 6.89. The second-order valence-electron chi connectivity index (χ2n) is 5.87. The van der Waals surface area contributed by atoms with Gasteiger partial charge in [0.05, 0.1) is 10.4 Å². The van der Waals surface area contributed by atoms with Crippen molar-refractivity contribution in [3.63, 3.8) is 0 Å². The molecule has 2 rings (SSSR count). The van der Waals surface area contributed by atoms with Crippen molar-refractivity contribution in [3.05, 3.63) is 0 Å². The molecule has 6 heteroatoms. The Morgan fingerprint density at radius 3 is 2.45 bits per heavy atom. The highest BCUT2D eigenvalue weighted by atomic mass is 32.1. The molecule has 0 aromatic carbocycles. The Hall–Kier alpha value is -1.17. The molecule has 112 valence electrons. The van der Waals surface area contributed by atoms with E-state index in [1.165, 1.54) is 0 Å². The molecule has 5 nitrogen and oxygen atoms in total. The van der Waals surface area contributed by atoms with Crippen LogP contribution >= 0.6 is 12.2 Å². The first kappa shape index (κ1) is 15.2. The van der Waals surface area contributed by atoms with Crippen LogP contribution in [0.25, 0.3) is 0 Å². The fourth-order valence-electron chi connectivity index (χ4n) is 3.10. The summed E-state index contributed by atoms with van der Waals surface area (Å²) in [7, 11) is 0. The Morgan fingerprint density at radius 2 is 1.95 bits per heavy atom. The summed E-state index contributed by atoms with van der Waals surface area (Å²) in [6.45, 7) is 0.498. The molecule has 0 bridgehead atoms. The molecule has 0 aromatic heterocycles. The highest BCUT2D eigenvalue weighted by Crippen LogP contribution is 2.36. The average molecular weight is 297 g/mol. The lowest BCUT2D eigenvalue weighted by Crippen LogP contribution is -2.55. The van der Waals surface area contributed by atoms with E-state index in [1.807, 2.05) is 0 Å². The Bertz CT molecular complexity index is 393. The summed E-state index contributed by atoms with van der Waals surface area (Å²) in [5.41, 5.74) is 5.21. The van der Waals surface area contributed by atoms with Crippen molar-refractivity contribution in [1.82, 2.24) is 10.6 Å². The van der Waals surface area contributed by atoms with Gasteiger partial charge in [-0.15, -0.1) is 0 Å². The molecule has 1 atom stereocenters. The summed E-state index contributed by atoms with van der Waals surface area (Å²) in [4.78, 5) is 24.1. The molecule has 0 aromatic rings. The lowest BCUT2D eigenvalue weighted by Gasteiger charge is -2.33. The number of rotatable bonds is 3. The van der Waals surface area contributed by atoms with Crippen LogP contribution in [-0.2, 0) is 9.59 Å². The molecule has 1 aliphatic heterocycles. The third-order valence-electron chi connectivity index (χ3n) is 4.46. The van der Waals surface area contributed by atoms with Crippen LogP contribution in [0, 0.1) is 5.41 Å². The molecule has 4 N–H and O–H groups in total. The molecule has 2 amide bonds. The van der Waals surface area contributed by atoms with Gasteiger partial charge < -0.3 is 16.4 Å². The van der Waals surface area contributed by atoms with Crippen LogP contribution in [0.5, 0.6) is 0 Å². The number of nitrogens with two attached hydrogens (primary N) is 1. The van der Waals surface area contributed by atoms with Crippen molar-refractivity contribution >= 4 is 29.0 Å². The molecule has 1 saturated carbocycles. The third-order valence-corrected chi connectivity index (χ3v) is 4.85. The lowest BCUT2D eigenvalue weighted by atomic mass is 9.79. The second kappa shape index (κ2) is 6.52. The molecule has 20 heavy (non-hydrogen) atoms. The maximum absolute atomic E-state index is 12.7. The maximum Gasteiger partial charge on any atom is 0.233 e. The molecule has 2 aliphatic rings. The SMILES string of the molecule is NC(=S)C1(C(=O)NC2CCC(=O)NC2)CCCCCC1. The monoisotopic (exact) mass is 297 g/mol. The molecule has 0 spiro atoms. The summed E-state index contributed by atoms with van der Waals surface area (Å²) >= 11 is 5.20. The van der Waals surface area contributed by atoms with Gasteiger partial charge in [-0.1, -0.05) is 37.9 Å². The van der Waals surface area contributed by atoms with Crippen LogP contribution in [-0.4, -0.2) is 29.4 Å². The predicted molar refractivity (Wildman–Crippen MR) is 81.1 cm³/mol. The number of carbonyl (C=O) groups is 2. The highest BCUT2D eigenvalue weighted by molar-refractivity contribution is 7.80. The van der Waals surface area contributed by atoms with Gasteiger partial charge in [-0.25, -0.2) is 0 Å². The number of thiocarbonyl (C=S) groups is 1. The van der Waals surface area contributed by atoms with Crippen molar-refractivity contribution in [2.75, 3.05) is 6.54 Å². The first-order chi connectivity index (χ1) is 9.54. The summed E-state index contributed by atoms with van der Waals surface area (Å²) < 4.78 is 0. The van der Waals surface area contributed by atoms with Gasteiger partial charge in [-0.3, -0.25) is 9.59 Å². The van der Waals surface area contributed by atoms with E-state index in [2.05, 4.69) is 10.6 Å². The molecule has 1 unspecified atom stereocenters. The fraction of sp³-hybridized carbons (Fsp3) is 0.786. The number of hydrogen-bond acceptors (Lipinski definition) is 3. The number of piperidine rings is 1. The Balaban J connectivity index is 2.03. The second-order valence-corrected chi connectivity index (χ2v) is 6.31. The van der Waals surface area contributed by atoms with Gasteiger partial charge in [0.2, 0.25) is 11.8 Å². The maximum atomic E-state index is 12.7. The van der Waals surface area contributed by atoms with Crippen LogP contribution in [0.3, 0.4) is 0 Å². The summed E-state index contributed by atoms with van der Waals surface area (Å²) in [5.74, 6) is 0.00192. The zero-order valence-electron chi connectivity index (χ0n) is 11.7. The fourth-order valence-corrected chi connectivity index (χ4v) is 3.39. The van der Waals surface area contributed by atoms with Crippen molar-refractivity contribution in [2.24, 2.45) is 11.1 Å². The van der Waals surface area contributed by atoms with E-state index < -0.39 is 5.41 Å². The van der Waals surface area contributed by atoms with Crippen LogP contribution in [0.1, 0.15) is 51.4 Å². The minimum Gasteiger partial charge on any atom is -0.392 e. The van der Waals surface area contributed by atoms with E-state index >= 15 is 0 Å². The van der Waals surface area contributed by atoms with E-state index in [4.69, 9.17) is 18.0 Å². The van der Waals surface area contributed by atoms with Crippen molar-refractivity contribution < 1.29 is 9.59 Å². The Labute approximate surface area is 125 Å². The van der Waals surface area contributed by atoms with Gasteiger partial charge >= 0.3 is 0 Å². The first-order valence-corrected chi connectivity index (χ1v) is 7.83. The van der Waals surface area contributed by atoms with Gasteiger partial charge in [0, 0.05) is 19.0 Å². The number of hydrogen-bond donors (Lipinski definition) is 3. The smallest absolute Gasteiger partial charge is 0.233 e. The average Bonchev–Trinajstić information content (AvgIpc) is 2.68. The zero-order valence-corrected chi connectivity index (χ0v) is 12.6. The van der Waals surface area contributed by atoms with Gasteiger partial charge in [0.25, 0.3) is 0 Å². The summed E-state index contributed by atoms with van der Waals surface area (Å²) in [6, 6.07) is -0.00493. The molecule has 2 fully saturated rings. The van der Waals surface area contributed by atoms with Crippen LogP contribution in [0.15, 0.2) is 0 Å². The molecule has 1 saturated heterocycles. The van der Waals surface area contributed by atoms with Crippen LogP contribution in [0.4, 0.5) is 0 Å². The third kappa shape index (κ3) is 3.29. The van der Waals surface area contributed by atoms with Crippen LogP contribution in [0.2, 0.25) is 0 Å². The van der Waals surface area contributed by atoms with Gasteiger partial charge in [0.1, 0.15) is 0 Å². The van der Waals surface area contributed by atoms with E-state index in [9.17, 15) is 9.59 Å². The quantitative estimate of drug-likeness (QED) is 0.536. The van der Waals surface area contributed by atoms with Crippen LogP contribution < -0.4 is 16.4 Å². The topological polar surface area (TPSA) is 84.2 Å². The zero-order chi connectivity index (χ0) is 14.6. The van der Waals surface area contributed by atoms with E-state index in [0.29, 0.717) is 24.4 Å². The molecule has 1 aliphatic carbocycles. The first-order valence-electron chi connectivity index (χ1n) is 7.42. The Kier molecular flexibility index (Phi) is 4.96. The molecular formula is C14H23N3O2S. The van der Waals surface area contributed by atoms with Gasteiger partial charge in [-0.2, -0.15) is 0 Å². The summed E-state index contributed by atoms with van der Waals surface area (Å²) in [5, 5.41) is 5.81. The lowest BCUT2D eigenvalue weighted by molar-refractivity contribution is -0.130.